The Morgan fingerprint density at radius 3 is 2.13 bits per heavy atom. The molecular formula is C24H23F3O3. The Labute approximate surface area is 173 Å². The van der Waals surface area contributed by atoms with Gasteiger partial charge in [-0.15, -0.1) is 0 Å². The van der Waals surface area contributed by atoms with Gasteiger partial charge in [-0.25, -0.2) is 13.2 Å². The van der Waals surface area contributed by atoms with E-state index < -0.39 is 12.3 Å². The summed E-state index contributed by atoms with van der Waals surface area (Å²) in [5.41, 5.74) is 2.87. The zero-order valence-electron chi connectivity index (χ0n) is 16.8. The number of ether oxygens (including phenoxy) is 3. The highest BCUT2D eigenvalue weighted by molar-refractivity contribution is 5.75. The van der Waals surface area contributed by atoms with Gasteiger partial charge in [-0.3, -0.25) is 0 Å². The molecule has 2 aromatic rings. The van der Waals surface area contributed by atoms with Gasteiger partial charge < -0.3 is 14.2 Å². The SMILES string of the molecule is COC1=CC=C(c2ccc(-c3ccc(C4COC(C)OC4)c(F)c3)cc2)C(F)C1F. The Kier molecular flexibility index (Phi) is 5.97. The van der Waals surface area contributed by atoms with Gasteiger partial charge in [0.15, 0.2) is 18.6 Å². The van der Waals surface area contributed by atoms with Crippen LogP contribution in [-0.2, 0) is 14.2 Å². The molecule has 0 radical (unpaired) electrons. The van der Waals surface area contributed by atoms with Crippen LogP contribution in [0.15, 0.2) is 60.4 Å². The number of benzene rings is 2. The summed E-state index contributed by atoms with van der Waals surface area (Å²) in [6.07, 6.45) is -0.924. The van der Waals surface area contributed by atoms with Gasteiger partial charge in [0, 0.05) is 5.92 Å². The van der Waals surface area contributed by atoms with Crippen LogP contribution in [0.5, 0.6) is 0 Å². The summed E-state index contributed by atoms with van der Waals surface area (Å²) in [7, 11) is 1.32. The van der Waals surface area contributed by atoms with E-state index in [1.807, 2.05) is 13.0 Å². The van der Waals surface area contributed by atoms with Gasteiger partial charge in [0.1, 0.15) is 11.6 Å². The van der Waals surface area contributed by atoms with Crippen molar-refractivity contribution in [1.82, 2.24) is 0 Å². The number of methoxy groups -OCH3 is 1. The fourth-order valence-electron chi connectivity index (χ4n) is 3.77. The van der Waals surface area contributed by atoms with Crippen molar-refractivity contribution in [2.45, 2.75) is 31.5 Å². The van der Waals surface area contributed by atoms with Crippen molar-refractivity contribution < 1.29 is 27.4 Å². The van der Waals surface area contributed by atoms with Crippen molar-refractivity contribution in [2.75, 3.05) is 20.3 Å². The standard InChI is InChI=1S/C24H23F3O3/c1-14-29-12-18(13-30-14)19-8-7-17(11-21(19)25)15-3-5-16(6-4-15)20-9-10-22(28-2)24(27)23(20)26/h3-11,14,18,23-24H,12-13H2,1-2H3. The smallest absolute Gasteiger partial charge is 0.192 e. The number of allylic oxidation sites excluding steroid dienone is 4. The second kappa shape index (κ2) is 8.66. The molecule has 1 aliphatic heterocycles. The number of halogens is 3. The van der Waals surface area contributed by atoms with Crippen molar-refractivity contribution >= 4 is 5.57 Å². The Balaban J connectivity index is 1.54. The fraction of sp³-hybridized carbons (Fsp3) is 0.333. The molecule has 2 aliphatic rings. The molecule has 0 aromatic heterocycles. The fourth-order valence-corrected chi connectivity index (χ4v) is 3.77. The number of alkyl halides is 2. The molecule has 0 saturated carbocycles. The van der Waals surface area contributed by atoms with Crippen LogP contribution < -0.4 is 0 Å². The number of hydrogen-bond donors (Lipinski definition) is 0. The van der Waals surface area contributed by atoms with Crippen LogP contribution in [0, 0.1) is 5.82 Å². The quantitative estimate of drug-likeness (QED) is 0.652. The molecule has 0 N–H and O–H groups in total. The molecule has 4 rings (SSSR count). The molecule has 0 bridgehead atoms. The maximum Gasteiger partial charge on any atom is 0.192 e. The molecule has 1 heterocycles. The van der Waals surface area contributed by atoms with E-state index >= 15 is 0 Å². The van der Waals surface area contributed by atoms with Crippen LogP contribution in [0.25, 0.3) is 16.7 Å². The van der Waals surface area contributed by atoms with E-state index in [-0.39, 0.29) is 29.4 Å². The van der Waals surface area contributed by atoms with E-state index in [2.05, 4.69) is 0 Å². The van der Waals surface area contributed by atoms with Crippen LogP contribution in [-0.4, -0.2) is 39.0 Å². The second-order valence-corrected chi connectivity index (χ2v) is 7.44. The van der Waals surface area contributed by atoms with Gasteiger partial charge in [0.05, 0.1) is 20.3 Å². The normalized spacial score (nSPS) is 26.7. The average molecular weight is 416 g/mol. The first-order valence-corrected chi connectivity index (χ1v) is 9.85. The molecule has 2 aromatic carbocycles. The van der Waals surface area contributed by atoms with Gasteiger partial charge in [-0.2, -0.15) is 0 Å². The molecule has 2 unspecified atom stereocenters. The molecule has 1 aliphatic carbocycles. The molecule has 158 valence electrons. The van der Waals surface area contributed by atoms with Gasteiger partial charge in [0.2, 0.25) is 0 Å². The minimum Gasteiger partial charge on any atom is -0.498 e. The molecular weight excluding hydrogens is 393 g/mol. The third kappa shape index (κ3) is 4.02. The lowest BCUT2D eigenvalue weighted by Gasteiger charge is -2.27. The van der Waals surface area contributed by atoms with Gasteiger partial charge in [-0.1, -0.05) is 42.5 Å². The highest BCUT2D eigenvalue weighted by Gasteiger charge is 2.32. The van der Waals surface area contributed by atoms with E-state index in [0.717, 1.165) is 5.56 Å². The molecule has 1 saturated heterocycles. The minimum absolute atomic E-state index is 0.0262. The van der Waals surface area contributed by atoms with Crippen LogP contribution >= 0.6 is 0 Å². The number of hydrogen-bond acceptors (Lipinski definition) is 3. The Bertz CT molecular complexity index is 960. The Morgan fingerprint density at radius 2 is 1.50 bits per heavy atom. The highest BCUT2D eigenvalue weighted by Crippen LogP contribution is 2.34. The predicted octanol–water partition coefficient (Wildman–Crippen LogP) is 5.57. The lowest BCUT2D eigenvalue weighted by molar-refractivity contribution is -0.176. The first kappa shape index (κ1) is 20.7. The van der Waals surface area contributed by atoms with Crippen molar-refractivity contribution in [3.63, 3.8) is 0 Å². The van der Waals surface area contributed by atoms with Gasteiger partial charge >= 0.3 is 0 Å². The van der Waals surface area contributed by atoms with Crippen LogP contribution in [0.2, 0.25) is 0 Å². The molecule has 0 amide bonds. The summed E-state index contributed by atoms with van der Waals surface area (Å²) in [4.78, 5) is 0. The zero-order chi connectivity index (χ0) is 21.3. The summed E-state index contributed by atoms with van der Waals surface area (Å²) in [5.74, 6) is -0.489. The predicted molar refractivity (Wildman–Crippen MR) is 109 cm³/mol. The van der Waals surface area contributed by atoms with Crippen LogP contribution in [0.1, 0.15) is 24.0 Å². The van der Waals surface area contributed by atoms with E-state index in [9.17, 15) is 13.2 Å². The molecule has 6 heteroatoms. The first-order valence-electron chi connectivity index (χ1n) is 9.85. The van der Waals surface area contributed by atoms with Crippen molar-refractivity contribution in [2.24, 2.45) is 0 Å². The maximum atomic E-state index is 14.7. The highest BCUT2D eigenvalue weighted by atomic mass is 19.2. The van der Waals surface area contributed by atoms with E-state index in [0.29, 0.717) is 29.9 Å². The summed E-state index contributed by atoms with van der Waals surface area (Å²) in [6.45, 7) is 2.65. The lowest BCUT2D eigenvalue weighted by Crippen LogP contribution is -2.29. The van der Waals surface area contributed by atoms with Gasteiger partial charge in [0.25, 0.3) is 0 Å². The van der Waals surface area contributed by atoms with Gasteiger partial charge in [-0.05, 0) is 46.9 Å². The Morgan fingerprint density at radius 1 is 0.867 bits per heavy atom. The minimum atomic E-state index is -1.83. The third-order valence-corrected chi connectivity index (χ3v) is 5.54. The van der Waals surface area contributed by atoms with E-state index in [4.69, 9.17) is 14.2 Å². The average Bonchev–Trinajstić information content (AvgIpc) is 2.76. The van der Waals surface area contributed by atoms with Crippen molar-refractivity contribution in [3.05, 3.63) is 77.3 Å². The zero-order valence-corrected chi connectivity index (χ0v) is 16.8. The maximum absolute atomic E-state index is 14.7. The van der Waals surface area contributed by atoms with Crippen molar-refractivity contribution in [3.8, 4) is 11.1 Å². The van der Waals surface area contributed by atoms with Crippen LogP contribution in [0.4, 0.5) is 13.2 Å². The second-order valence-electron chi connectivity index (χ2n) is 7.44. The first-order chi connectivity index (χ1) is 14.5. The lowest BCUT2D eigenvalue weighted by atomic mass is 9.91. The van der Waals surface area contributed by atoms with Crippen molar-refractivity contribution in [1.29, 1.82) is 0 Å². The summed E-state index contributed by atoms with van der Waals surface area (Å²) < 4.78 is 59.0. The third-order valence-electron chi connectivity index (χ3n) is 5.54. The summed E-state index contributed by atoms with van der Waals surface area (Å²) in [5, 5.41) is 0. The number of rotatable bonds is 4. The summed E-state index contributed by atoms with van der Waals surface area (Å²) >= 11 is 0. The monoisotopic (exact) mass is 416 g/mol. The molecule has 1 fully saturated rings. The Hall–Kier alpha value is -2.57. The largest absolute Gasteiger partial charge is 0.498 e. The van der Waals surface area contributed by atoms with Crippen LogP contribution in [0.3, 0.4) is 0 Å². The molecule has 3 nitrogen and oxygen atoms in total. The molecule has 0 spiro atoms. The van der Waals surface area contributed by atoms with E-state index in [1.165, 1.54) is 25.3 Å². The topological polar surface area (TPSA) is 27.7 Å². The molecule has 2 atom stereocenters. The summed E-state index contributed by atoms with van der Waals surface area (Å²) in [6, 6.07) is 12.0. The van der Waals surface area contributed by atoms with E-state index in [1.54, 1.807) is 30.3 Å². The molecule has 30 heavy (non-hydrogen) atoms.